The van der Waals surface area contributed by atoms with Gasteiger partial charge in [-0.3, -0.25) is 52.7 Å². The molecule has 77 heavy (non-hydrogen) atoms. The molecule has 0 spiro atoms. The first-order chi connectivity index (χ1) is 36.2. The molecule has 0 unspecified atom stereocenters. The summed E-state index contributed by atoms with van der Waals surface area (Å²) in [4.78, 5) is 148. The molecule has 0 radical (unpaired) electrons. The van der Waals surface area contributed by atoms with Crippen molar-refractivity contribution >= 4 is 75.9 Å². The molecule has 1 aromatic heterocycles. The first-order valence-electron chi connectivity index (χ1n) is 24.8. The smallest absolute Gasteiger partial charge is 0.245 e. The molecule has 9 atom stereocenters. The summed E-state index contributed by atoms with van der Waals surface area (Å²) in [5.74, 6) is -10.8. The molecule has 2 aromatic carbocycles. The van der Waals surface area contributed by atoms with Gasteiger partial charge >= 0.3 is 0 Å². The summed E-state index contributed by atoms with van der Waals surface area (Å²) >= 11 is 0. The highest BCUT2D eigenvalue weighted by atomic mass is 16.3. The number of aliphatic hydroxyl groups is 2. The number of fused-ring (bicyclic) bond motifs is 1. The number of primary amides is 2. The molecule has 19 N–H and O–H groups in total. The zero-order valence-corrected chi connectivity index (χ0v) is 43.8. The number of hydrogen-bond donors (Lipinski definition) is 16. The first kappa shape index (κ1) is 63.1. The summed E-state index contributed by atoms with van der Waals surface area (Å²) in [7, 11) is 0. The lowest BCUT2D eigenvalue weighted by Gasteiger charge is -2.28. The summed E-state index contributed by atoms with van der Waals surface area (Å²) in [5, 5.41) is 52.8. The Balaban J connectivity index is 1.68. The molecule has 3 aromatic rings. The predicted molar refractivity (Wildman–Crippen MR) is 278 cm³/mol. The van der Waals surface area contributed by atoms with E-state index in [4.69, 9.17) is 17.2 Å². The summed E-state index contributed by atoms with van der Waals surface area (Å²) in [6.07, 6.45) is -0.794. The van der Waals surface area contributed by atoms with Gasteiger partial charge in [-0.05, 0) is 67.9 Å². The molecular formula is C50H73N13O14. The predicted octanol–water partition coefficient (Wildman–Crippen LogP) is -4.54. The van der Waals surface area contributed by atoms with Crippen molar-refractivity contribution < 1.29 is 68.1 Å². The van der Waals surface area contributed by atoms with Crippen molar-refractivity contribution in [2.75, 3.05) is 19.7 Å². The highest BCUT2D eigenvalue weighted by molar-refractivity contribution is 5.99. The maximum absolute atomic E-state index is 13.9. The summed E-state index contributed by atoms with van der Waals surface area (Å²) in [6.45, 7) is 7.17. The fourth-order valence-electron chi connectivity index (χ4n) is 7.77. The maximum atomic E-state index is 13.9. The van der Waals surface area contributed by atoms with Crippen LogP contribution < -0.4 is 65.1 Å². The van der Waals surface area contributed by atoms with E-state index in [-0.39, 0.29) is 43.3 Å². The van der Waals surface area contributed by atoms with Crippen molar-refractivity contribution in [2.24, 2.45) is 29.0 Å². The summed E-state index contributed by atoms with van der Waals surface area (Å²) in [5.41, 5.74) is 18.3. The van der Waals surface area contributed by atoms with E-state index in [1.165, 1.54) is 38.1 Å². The van der Waals surface area contributed by atoms with Gasteiger partial charge in [0.2, 0.25) is 65.0 Å². The number of phenolic OH excluding ortho intramolecular Hbond substituents is 1. The van der Waals surface area contributed by atoms with Crippen molar-refractivity contribution in [3.63, 3.8) is 0 Å². The topological polar surface area (TPSA) is 451 Å². The fraction of sp³-hybridized carbons (Fsp3) is 0.500. The number of carbonyl (C=O) groups is 11. The number of rotatable bonds is 31. The van der Waals surface area contributed by atoms with E-state index in [1.807, 2.05) is 19.9 Å². The van der Waals surface area contributed by atoms with Gasteiger partial charge in [-0.1, -0.05) is 58.0 Å². The second kappa shape index (κ2) is 30.4. The van der Waals surface area contributed by atoms with Crippen LogP contribution in [-0.4, -0.2) is 159 Å². The Morgan fingerprint density at radius 1 is 0.571 bits per heavy atom. The maximum Gasteiger partial charge on any atom is 0.245 e. The third-order valence-electron chi connectivity index (χ3n) is 11.8. The monoisotopic (exact) mass is 1080 g/mol. The van der Waals surface area contributed by atoms with E-state index in [0.29, 0.717) is 11.1 Å². The summed E-state index contributed by atoms with van der Waals surface area (Å²) < 4.78 is 0. The molecular weight excluding hydrogens is 1010 g/mol. The zero-order chi connectivity index (χ0) is 57.7. The van der Waals surface area contributed by atoms with Gasteiger partial charge in [-0.25, -0.2) is 0 Å². The normalized spacial score (nSPS) is 14.7. The van der Waals surface area contributed by atoms with Crippen molar-refractivity contribution in [3.05, 3.63) is 65.9 Å². The van der Waals surface area contributed by atoms with Gasteiger partial charge in [-0.2, -0.15) is 0 Å². The van der Waals surface area contributed by atoms with E-state index in [9.17, 15) is 68.1 Å². The van der Waals surface area contributed by atoms with E-state index in [1.54, 1.807) is 38.2 Å². The van der Waals surface area contributed by atoms with Crippen molar-refractivity contribution in [1.29, 1.82) is 0 Å². The molecule has 3 rings (SSSR count). The van der Waals surface area contributed by atoms with Crippen LogP contribution in [0.5, 0.6) is 5.75 Å². The van der Waals surface area contributed by atoms with Crippen LogP contribution in [0.15, 0.2) is 54.7 Å². The quantitative estimate of drug-likeness (QED) is 0.0289. The van der Waals surface area contributed by atoms with Crippen LogP contribution in [0.2, 0.25) is 0 Å². The highest BCUT2D eigenvalue weighted by Crippen LogP contribution is 2.20. The van der Waals surface area contributed by atoms with E-state index in [0.717, 1.165) is 10.9 Å². The van der Waals surface area contributed by atoms with Gasteiger partial charge in [-0.15, -0.1) is 0 Å². The lowest BCUT2D eigenvalue weighted by molar-refractivity contribution is -0.137. The second-order valence-corrected chi connectivity index (χ2v) is 19.3. The van der Waals surface area contributed by atoms with Crippen LogP contribution in [-0.2, 0) is 65.6 Å². The molecule has 0 saturated heterocycles. The van der Waals surface area contributed by atoms with Gasteiger partial charge in [0, 0.05) is 29.9 Å². The molecule has 422 valence electrons. The molecule has 0 saturated carbocycles. The van der Waals surface area contributed by atoms with Crippen LogP contribution in [0, 0.1) is 11.8 Å². The number of aromatic amines is 1. The van der Waals surface area contributed by atoms with E-state index >= 15 is 0 Å². The first-order valence-corrected chi connectivity index (χ1v) is 24.8. The minimum Gasteiger partial charge on any atom is -0.508 e. The van der Waals surface area contributed by atoms with Gasteiger partial charge < -0.3 is 85.4 Å². The van der Waals surface area contributed by atoms with Crippen molar-refractivity contribution in [3.8, 4) is 5.75 Å². The summed E-state index contributed by atoms with van der Waals surface area (Å²) in [6, 6.07) is 1.11. The number of phenols is 1. The number of para-hydroxylation sites is 1. The molecule has 1 heterocycles. The number of aromatic hydroxyl groups is 1. The number of aliphatic hydroxyl groups excluding tert-OH is 2. The standard InChI is InChI=1S/C50H73N13O14/c1-24(2)15-33(43(53)70)59-46(73)35(17-28-11-13-30(66)14-12-28)58-41(69)22-55-44(71)26(5)56-49(76)38(23-64)62-47(74)37(19-39(52)67)60-45(72)34(16-25(3)4)61-50(77)42(27(6)65)63-48(75)36(57-40(68)20-51)18-29-21-54-32-10-8-7-9-31(29)32/h7-14,21,24-27,33-38,42,54,64-66H,15-20,22-23,51H2,1-6H3,(H2,52,67)(H2,53,70)(H,55,71)(H,56,76)(H,57,68)(H,58,69)(H,59,73)(H,60,72)(H,61,77)(H,62,74)(H,63,75)/t26-,27+,33-,34-,35-,36-,37-,38-,42-/m0/s1. The average Bonchev–Trinajstić information content (AvgIpc) is 3.77. The number of hydrogen-bond acceptors (Lipinski definition) is 15. The molecule has 0 fully saturated rings. The number of benzene rings is 2. The minimum atomic E-state index is -1.81. The zero-order valence-electron chi connectivity index (χ0n) is 43.8. The number of amides is 11. The third-order valence-corrected chi connectivity index (χ3v) is 11.8. The Bertz CT molecular complexity index is 2570. The Morgan fingerprint density at radius 2 is 1.09 bits per heavy atom. The van der Waals surface area contributed by atoms with E-state index in [2.05, 4.69) is 52.8 Å². The fourth-order valence-corrected chi connectivity index (χ4v) is 7.77. The third kappa shape index (κ3) is 20.8. The van der Waals surface area contributed by atoms with Gasteiger partial charge in [0.15, 0.2) is 0 Å². The molecule has 0 bridgehead atoms. The molecule has 11 amide bonds. The van der Waals surface area contributed by atoms with Crippen LogP contribution in [0.4, 0.5) is 0 Å². The van der Waals surface area contributed by atoms with Gasteiger partial charge in [0.1, 0.15) is 54.1 Å². The van der Waals surface area contributed by atoms with Crippen LogP contribution in [0.25, 0.3) is 10.9 Å². The largest absolute Gasteiger partial charge is 0.508 e. The average molecular weight is 1080 g/mol. The van der Waals surface area contributed by atoms with Crippen molar-refractivity contribution in [1.82, 2.24) is 52.8 Å². The Labute approximate surface area is 444 Å². The SMILES string of the molecule is CC(C)C[C@H](NC(=O)[C@H](Cc1ccc(O)cc1)NC(=O)CNC(=O)[C@H](C)NC(=O)[C@H](CO)NC(=O)[C@H](CC(N)=O)NC(=O)[C@H](CC(C)C)NC(=O)[C@@H](NC(=O)[C@H](Cc1c[nH]c2ccccc12)NC(=O)CN)[C@@H](C)O)C(N)=O. The lowest BCUT2D eigenvalue weighted by Crippen LogP contribution is -2.62. The Hall–Kier alpha value is -8.17. The van der Waals surface area contributed by atoms with Crippen molar-refractivity contribution in [2.45, 2.75) is 128 Å². The number of nitrogens with two attached hydrogens (primary N) is 3. The van der Waals surface area contributed by atoms with Crippen LogP contribution >= 0.6 is 0 Å². The second-order valence-electron chi connectivity index (χ2n) is 19.3. The molecule has 0 aliphatic carbocycles. The van der Waals surface area contributed by atoms with Crippen LogP contribution in [0.3, 0.4) is 0 Å². The number of H-pyrrole nitrogens is 1. The Kier molecular flexibility index (Phi) is 24.9. The highest BCUT2D eigenvalue weighted by Gasteiger charge is 2.36. The lowest BCUT2D eigenvalue weighted by atomic mass is 10.0. The number of aromatic nitrogens is 1. The minimum absolute atomic E-state index is 0.0333. The number of nitrogens with one attached hydrogen (secondary N) is 10. The molecule has 27 heteroatoms. The molecule has 27 nitrogen and oxygen atoms in total. The van der Waals surface area contributed by atoms with Gasteiger partial charge in [0.05, 0.1) is 32.2 Å². The molecule has 0 aliphatic rings. The molecule has 0 aliphatic heterocycles. The van der Waals surface area contributed by atoms with Gasteiger partial charge in [0.25, 0.3) is 0 Å². The van der Waals surface area contributed by atoms with Crippen LogP contribution in [0.1, 0.15) is 71.9 Å². The number of carbonyl (C=O) groups excluding carboxylic acids is 11. The Morgan fingerprint density at radius 3 is 1.68 bits per heavy atom. The van der Waals surface area contributed by atoms with E-state index < -0.39 is 146 Å².